The topological polar surface area (TPSA) is 95.7 Å². The molecule has 0 fully saturated rings. The van der Waals surface area contributed by atoms with Gasteiger partial charge in [0.1, 0.15) is 5.82 Å². The molecule has 0 aromatic carbocycles. The molecule has 0 aliphatic carbocycles. The highest BCUT2D eigenvalue weighted by Crippen LogP contribution is 2.21. The lowest BCUT2D eigenvalue weighted by Crippen LogP contribution is -2.09. The Morgan fingerprint density at radius 2 is 1.95 bits per heavy atom. The molecule has 0 aliphatic rings. The van der Waals surface area contributed by atoms with E-state index >= 15 is 0 Å². The number of rotatable bonds is 7. The quantitative estimate of drug-likeness (QED) is 0.766. The molecule has 2 aromatic heterocycles. The Morgan fingerprint density at radius 1 is 1.16 bits per heavy atom. The first-order chi connectivity index (χ1) is 9.28. The smallest absolute Gasteiger partial charge is 0.226 e. The van der Waals surface area contributed by atoms with Crippen LogP contribution in [-0.2, 0) is 25.3 Å². The fourth-order valence-electron chi connectivity index (χ4n) is 1.64. The molecule has 0 radical (unpaired) electrons. The highest BCUT2D eigenvalue weighted by Gasteiger charge is 2.12. The molecular formula is C11H18N6OS. The van der Waals surface area contributed by atoms with Crippen LogP contribution in [0.4, 0.5) is 0 Å². The molecule has 2 aromatic rings. The molecule has 104 valence electrons. The number of thioether (sulfide) groups is 1. The fourth-order valence-corrected chi connectivity index (χ4v) is 2.46. The molecule has 2 heterocycles. The van der Waals surface area contributed by atoms with Crippen LogP contribution in [0.25, 0.3) is 0 Å². The van der Waals surface area contributed by atoms with Crippen molar-refractivity contribution >= 4 is 11.8 Å². The van der Waals surface area contributed by atoms with Gasteiger partial charge in [0.2, 0.25) is 11.8 Å². The van der Waals surface area contributed by atoms with Crippen molar-refractivity contribution in [2.45, 2.75) is 50.7 Å². The van der Waals surface area contributed by atoms with Crippen LogP contribution in [0.3, 0.4) is 0 Å². The third-order valence-electron chi connectivity index (χ3n) is 2.56. The Balaban J connectivity index is 2.04. The third-order valence-corrected chi connectivity index (χ3v) is 3.51. The predicted molar refractivity (Wildman–Crippen MR) is 71.4 cm³/mol. The Bertz CT molecular complexity index is 523. The molecule has 0 saturated carbocycles. The average molecular weight is 282 g/mol. The molecule has 0 bridgehead atoms. The van der Waals surface area contributed by atoms with Gasteiger partial charge in [-0.25, -0.2) is 0 Å². The summed E-state index contributed by atoms with van der Waals surface area (Å²) in [5.41, 5.74) is 5.65. The normalized spacial score (nSPS) is 11.1. The Hall–Kier alpha value is -1.41. The maximum Gasteiger partial charge on any atom is 0.226 e. The number of hydrogen-bond donors (Lipinski definition) is 1. The highest BCUT2D eigenvalue weighted by molar-refractivity contribution is 7.98. The monoisotopic (exact) mass is 282 g/mol. The summed E-state index contributed by atoms with van der Waals surface area (Å²) in [4.78, 5) is 0. The van der Waals surface area contributed by atoms with Crippen LogP contribution in [0.5, 0.6) is 0 Å². The van der Waals surface area contributed by atoms with E-state index in [2.05, 4.69) is 27.3 Å². The van der Waals surface area contributed by atoms with Gasteiger partial charge < -0.3 is 14.7 Å². The van der Waals surface area contributed by atoms with E-state index in [1.54, 1.807) is 0 Å². The Labute approximate surface area is 116 Å². The van der Waals surface area contributed by atoms with E-state index in [0.29, 0.717) is 24.1 Å². The van der Waals surface area contributed by atoms with Gasteiger partial charge in [-0.1, -0.05) is 25.6 Å². The van der Waals surface area contributed by atoms with Crippen molar-refractivity contribution < 1.29 is 4.42 Å². The fraction of sp³-hybridized carbons (Fsp3) is 0.636. The van der Waals surface area contributed by atoms with Gasteiger partial charge in [-0.2, -0.15) is 0 Å². The summed E-state index contributed by atoms with van der Waals surface area (Å²) < 4.78 is 7.51. The van der Waals surface area contributed by atoms with Crippen LogP contribution in [-0.4, -0.2) is 25.0 Å². The summed E-state index contributed by atoms with van der Waals surface area (Å²) in [5, 5.41) is 17.0. The number of nitrogens with two attached hydrogens (primary N) is 1. The second-order valence-electron chi connectivity index (χ2n) is 3.99. The molecule has 19 heavy (non-hydrogen) atoms. The van der Waals surface area contributed by atoms with Gasteiger partial charge in [0.15, 0.2) is 5.16 Å². The first-order valence-corrected chi connectivity index (χ1v) is 7.33. The van der Waals surface area contributed by atoms with Gasteiger partial charge in [-0.3, -0.25) is 0 Å². The molecule has 2 rings (SSSR count). The minimum Gasteiger partial charge on any atom is -0.424 e. The molecule has 0 spiro atoms. The maximum atomic E-state index is 5.65. The van der Waals surface area contributed by atoms with E-state index in [4.69, 9.17) is 10.2 Å². The van der Waals surface area contributed by atoms with E-state index in [1.165, 1.54) is 11.8 Å². The van der Waals surface area contributed by atoms with Gasteiger partial charge in [0.25, 0.3) is 0 Å². The zero-order valence-corrected chi connectivity index (χ0v) is 12.0. The lowest BCUT2D eigenvalue weighted by Gasteiger charge is -2.06. The van der Waals surface area contributed by atoms with Crippen LogP contribution in [0.15, 0.2) is 9.57 Å². The molecule has 0 amide bonds. The largest absolute Gasteiger partial charge is 0.424 e. The van der Waals surface area contributed by atoms with Crippen molar-refractivity contribution in [3.05, 3.63) is 17.6 Å². The van der Waals surface area contributed by atoms with Crippen molar-refractivity contribution in [1.29, 1.82) is 0 Å². The molecule has 2 N–H and O–H groups in total. The summed E-state index contributed by atoms with van der Waals surface area (Å²) in [5.74, 6) is 2.68. The van der Waals surface area contributed by atoms with E-state index in [-0.39, 0.29) is 0 Å². The van der Waals surface area contributed by atoms with Crippen molar-refractivity contribution in [1.82, 2.24) is 25.0 Å². The van der Waals surface area contributed by atoms with Gasteiger partial charge in [-0.15, -0.1) is 20.4 Å². The zero-order chi connectivity index (χ0) is 13.7. The van der Waals surface area contributed by atoms with Crippen molar-refractivity contribution in [3.8, 4) is 0 Å². The third kappa shape index (κ3) is 3.32. The minimum absolute atomic E-state index is 0.397. The molecule has 7 nitrogen and oxygen atoms in total. The highest BCUT2D eigenvalue weighted by atomic mass is 32.2. The number of aromatic nitrogens is 5. The van der Waals surface area contributed by atoms with Crippen LogP contribution < -0.4 is 5.73 Å². The molecule has 0 atom stereocenters. The van der Waals surface area contributed by atoms with Crippen LogP contribution >= 0.6 is 11.8 Å². The number of hydrogen-bond acceptors (Lipinski definition) is 7. The van der Waals surface area contributed by atoms with Gasteiger partial charge in [-0.05, 0) is 6.42 Å². The van der Waals surface area contributed by atoms with Crippen LogP contribution in [0, 0.1) is 0 Å². The Morgan fingerprint density at radius 3 is 2.58 bits per heavy atom. The number of aryl methyl sites for hydroxylation is 1. The summed E-state index contributed by atoms with van der Waals surface area (Å²) in [6.07, 6.45) is 1.76. The molecular weight excluding hydrogens is 264 g/mol. The molecule has 0 unspecified atom stereocenters. The van der Waals surface area contributed by atoms with E-state index in [1.807, 2.05) is 11.5 Å². The lowest BCUT2D eigenvalue weighted by atomic mass is 10.4. The van der Waals surface area contributed by atoms with Crippen molar-refractivity contribution in [2.24, 2.45) is 5.73 Å². The van der Waals surface area contributed by atoms with E-state index in [9.17, 15) is 0 Å². The standard InChI is InChI=1S/C11H18N6OS/c1-3-5-17-8(6-12)13-16-11(17)19-7-10-15-14-9(4-2)18-10/h3-7,12H2,1-2H3. The summed E-state index contributed by atoms with van der Waals surface area (Å²) >= 11 is 1.54. The van der Waals surface area contributed by atoms with Gasteiger partial charge in [0.05, 0.1) is 12.3 Å². The summed E-state index contributed by atoms with van der Waals surface area (Å²) in [7, 11) is 0. The second-order valence-corrected chi connectivity index (χ2v) is 4.93. The van der Waals surface area contributed by atoms with Crippen molar-refractivity contribution in [3.63, 3.8) is 0 Å². The molecule has 0 aliphatic heterocycles. The minimum atomic E-state index is 0.397. The first-order valence-electron chi connectivity index (χ1n) is 6.34. The summed E-state index contributed by atoms with van der Waals surface area (Å²) in [6.45, 7) is 5.36. The van der Waals surface area contributed by atoms with Crippen molar-refractivity contribution in [2.75, 3.05) is 0 Å². The zero-order valence-electron chi connectivity index (χ0n) is 11.2. The molecule has 0 saturated heterocycles. The Kier molecular flexibility index (Phi) is 4.92. The van der Waals surface area contributed by atoms with Gasteiger partial charge in [0, 0.05) is 13.0 Å². The second kappa shape index (κ2) is 6.67. The number of nitrogens with zero attached hydrogens (tertiary/aromatic N) is 5. The predicted octanol–water partition coefficient (Wildman–Crippen LogP) is 1.38. The van der Waals surface area contributed by atoms with Gasteiger partial charge >= 0.3 is 0 Å². The average Bonchev–Trinajstić information content (AvgIpc) is 3.03. The summed E-state index contributed by atoms with van der Waals surface area (Å²) in [6, 6.07) is 0. The molecule has 8 heteroatoms. The van der Waals surface area contributed by atoms with Crippen LogP contribution in [0.2, 0.25) is 0 Å². The van der Waals surface area contributed by atoms with Crippen LogP contribution in [0.1, 0.15) is 37.9 Å². The SMILES string of the molecule is CCCn1c(CN)nnc1SCc1nnc(CC)o1. The van der Waals surface area contributed by atoms with E-state index < -0.39 is 0 Å². The maximum absolute atomic E-state index is 5.65. The first kappa shape index (κ1) is 14.0. The lowest BCUT2D eigenvalue weighted by molar-refractivity contribution is 0.469. The van der Waals surface area contributed by atoms with E-state index in [0.717, 1.165) is 30.4 Å².